The molecule has 1 aliphatic rings. The third kappa shape index (κ3) is 2.46. The normalized spacial score (nSPS) is 16.9. The van der Waals surface area contributed by atoms with E-state index in [4.69, 9.17) is 4.84 Å². The number of carbonyl (C=O) groups is 1. The lowest BCUT2D eigenvalue weighted by Gasteiger charge is -2.13. The largest absolute Gasteiger partial charge is 0.375 e. The number of aryl methyl sites for hydroxylation is 1. The zero-order chi connectivity index (χ0) is 13.1. The second-order valence-corrected chi connectivity index (χ2v) is 4.39. The highest BCUT2D eigenvalue weighted by Gasteiger charge is 2.23. The van der Waals surface area contributed by atoms with Crippen molar-refractivity contribution in [3.8, 4) is 0 Å². The minimum Gasteiger partial charge on any atom is -0.365 e. The van der Waals surface area contributed by atoms with Crippen LogP contribution in [0, 0.1) is 0 Å². The van der Waals surface area contributed by atoms with Crippen molar-refractivity contribution >= 4 is 5.97 Å². The highest BCUT2D eigenvalue weighted by molar-refractivity contribution is 5.86. The minimum atomic E-state index is -0.494. The van der Waals surface area contributed by atoms with Gasteiger partial charge < -0.3 is 4.84 Å². The van der Waals surface area contributed by atoms with Gasteiger partial charge in [0.2, 0.25) is 0 Å². The SMILES string of the molecule is O=C(ONC1CCc2ccccc21)c1ccncn1. The molecule has 0 radical (unpaired) electrons. The molecule has 5 heteroatoms. The molecule has 1 aromatic heterocycles. The topological polar surface area (TPSA) is 64.1 Å². The van der Waals surface area contributed by atoms with Crippen LogP contribution in [0.15, 0.2) is 42.9 Å². The fourth-order valence-electron chi connectivity index (χ4n) is 2.27. The van der Waals surface area contributed by atoms with Crippen LogP contribution >= 0.6 is 0 Å². The maximum absolute atomic E-state index is 11.7. The Balaban J connectivity index is 1.64. The monoisotopic (exact) mass is 255 g/mol. The summed E-state index contributed by atoms with van der Waals surface area (Å²) in [7, 11) is 0. The highest BCUT2D eigenvalue weighted by atomic mass is 16.7. The molecule has 0 saturated heterocycles. The van der Waals surface area contributed by atoms with Crippen molar-refractivity contribution in [3.63, 3.8) is 0 Å². The third-order valence-electron chi connectivity index (χ3n) is 3.22. The predicted octanol–water partition coefficient (Wildman–Crippen LogP) is 1.83. The van der Waals surface area contributed by atoms with E-state index in [0.29, 0.717) is 0 Å². The highest BCUT2D eigenvalue weighted by Crippen LogP contribution is 2.30. The van der Waals surface area contributed by atoms with Gasteiger partial charge in [-0.2, -0.15) is 0 Å². The molecule has 1 aromatic carbocycles. The summed E-state index contributed by atoms with van der Waals surface area (Å²) in [5, 5.41) is 0. The van der Waals surface area contributed by atoms with Crippen molar-refractivity contribution in [2.45, 2.75) is 18.9 Å². The number of carbonyl (C=O) groups excluding carboxylic acids is 1. The van der Waals surface area contributed by atoms with Gasteiger partial charge in [-0.25, -0.2) is 14.8 Å². The first-order valence-corrected chi connectivity index (χ1v) is 6.15. The number of hydroxylamine groups is 1. The Labute approximate surface area is 110 Å². The lowest BCUT2D eigenvalue weighted by molar-refractivity contribution is 0.0146. The summed E-state index contributed by atoms with van der Waals surface area (Å²) in [6.45, 7) is 0. The molecule has 0 fully saturated rings. The molecular formula is C14H13N3O2. The van der Waals surface area contributed by atoms with E-state index in [1.165, 1.54) is 29.7 Å². The van der Waals surface area contributed by atoms with E-state index < -0.39 is 5.97 Å². The molecule has 1 aliphatic carbocycles. The van der Waals surface area contributed by atoms with E-state index in [1.807, 2.05) is 12.1 Å². The van der Waals surface area contributed by atoms with Gasteiger partial charge in [-0.1, -0.05) is 24.3 Å². The molecule has 1 heterocycles. The van der Waals surface area contributed by atoms with E-state index in [-0.39, 0.29) is 11.7 Å². The summed E-state index contributed by atoms with van der Waals surface area (Å²) in [5.41, 5.74) is 5.57. The van der Waals surface area contributed by atoms with Crippen LogP contribution in [0.3, 0.4) is 0 Å². The fraction of sp³-hybridized carbons (Fsp3) is 0.214. The molecule has 5 nitrogen and oxygen atoms in total. The first kappa shape index (κ1) is 11.8. The quantitative estimate of drug-likeness (QED) is 0.848. The van der Waals surface area contributed by atoms with Crippen molar-refractivity contribution < 1.29 is 9.63 Å². The van der Waals surface area contributed by atoms with E-state index in [1.54, 1.807) is 0 Å². The van der Waals surface area contributed by atoms with Gasteiger partial charge >= 0.3 is 5.97 Å². The number of hydrogen-bond donors (Lipinski definition) is 1. The Morgan fingerprint density at radius 2 is 2.21 bits per heavy atom. The molecule has 2 aromatic rings. The van der Waals surface area contributed by atoms with Crippen molar-refractivity contribution in [1.82, 2.24) is 15.4 Å². The first-order valence-electron chi connectivity index (χ1n) is 6.15. The van der Waals surface area contributed by atoms with Gasteiger partial charge in [0, 0.05) is 6.20 Å². The maximum Gasteiger partial charge on any atom is 0.375 e. The van der Waals surface area contributed by atoms with Crippen molar-refractivity contribution in [2.75, 3.05) is 0 Å². The second kappa shape index (κ2) is 5.16. The number of rotatable bonds is 3. The van der Waals surface area contributed by atoms with Gasteiger partial charge in [0.25, 0.3) is 0 Å². The van der Waals surface area contributed by atoms with Crippen LogP contribution in [0.4, 0.5) is 0 Å². The molecule has 0 spiro atoms. The smallest absolute Gasteiger partial charge is 0.365 e. The van der Waals surface area contributed by atoms with Crippen LogP contribution in [-0.4, -0.2) is 15.9 Å². The zero-order valence-corrected chi connectivity index (χ0v) is 10.2. The van der Waals surface area contributed by atoms with Gasteiger partial charge in [-0.05, 0) is 30.0 Å². The molecule has 3 rings (SSSR count). The van der Waals surface area contributed by atoms with Gasteiger partial charge in [-0.3, -0.25) is 0 Å². The predicted molar refractivity (Wildman–Crippen MR) is 68.1 cm³/mol. The van der Waals surface area contributed by atoms with Gasteiger partial charge in [0.05, 0.1) is 6.04 Å². The lowest BCUT2D eigenvalue weighted by Crippen LogP contribution is -2.24. The van der Waals surface area contributed by atoms with Gasteiger partial charge in [-0.15, -0.1) is 5.48 Å². The molecule has 1 atom stereocenters. The molecule has 0 bridgehead atoms. The van der Waals surface area contributed by atoms with E-state index >= 15 is 0 Å². The van der Waals surface area contributed by atoms with Crippen LogP contribution in [-0.2, 0) is 11.3 Å². The number of nitrogens with one attached hydrogen (secondary N) is 1. The molecule has 0 saturated carbocycles. The summed E-state index contributed by atoms with van der Waals surface area (Å²) in [4.78, 5) is 24.4. The van der Waals surface area contributed by atoms with Gasteiger partial charge in [0.1, 0.15) is 6.33 Å². The van der Waals surface area contributed by atoms with Crippen molar-refractivity contribution in [1.29, 1.82) is 0 Å². The molecule has 19 heavy (non-hydrogen) atoms. The Hall–Kier alpha value is -2.27. The standard InChI is InChI=1S/C14H13N3O2/c18-14(13-7-8-15-9-16-13)19-17-12-6-5-10-3-1-2-4-11(10)12/h1-4,7-9,12,17H,5-6H2. The molecule has 96 valence electrons. The van der Waals surface area contributed by atoms with Crippen LogP contribution in [0.5, 0.6) is 0 Å². The number of hydrogen-bond acceptors (Lipinski definition) is 5. The van der Waals surface area contributed by atoms with E-state index in [0.717, 1.165) is 12.8 Å². The Morgan fingerprint density at radius 1 is 1.32 bits per heavy atom. The average molecular weight is 255 g/mol. The number of nitrogens with zero attached hydrogens (tertiary/aromatic N) is 2. The number of fused-ring (bicyclic) bond motifs is 1. The summed E-state index contributed by atoms with van der Waals surface area (Å²) in [6.07, 6.45) is 4.76. The molecule has 0 amide bonds. The average Bonchev–Trinajstić information content (AvgIpc) is 2.89. The fourth-order valence-corrected chi connectivity index (χ4v) is 2.27. The Morgan fingerprint density at radius 3 is 3.05 bits per heavy atom. The second-order valence-electron chi connectivity index (χ2n) is 4.39. The Bertz CT molecular complexity index is 586. The third-order valence-corrected chi connectivity index (χ3v) is 3.22. The van der Waals surface area contributed by atoms with Crippen LogP contribution in [0.2, 0.25) is 0 Å². The summed E-state index contributed by atoms with van der Waals surface area (Å²) in [5.74, 6) is -0.494. The lowest BCUT2D eigenvalue weighted by atomic mass is 10.1. The van der Waals surface area contributed by atoms with Crippen LogP contribution < -0.4 is 5.48 Å². The Kier molecular flexibility index (Phi) is 3.20. The van der Waals surface area contributed by atoms with E-state index in [9.17, 15) is 4.79 Å². The van der Waals surface area contributed by atoms with Crippen LogP contribution in [0.25, 0.3) is 0 Å². The summed E-state index contributed by atoms with van der Waals surface area (Å²) >= 11 is 0. The van der Waals surface area contributed by atoms with Gasteiger partial charge in [0.15, 0.2) is 5.69 Å². The minimum absolute atomic E-state index is 0.0574. The maximum atomic E-state index is 11.7. The van der Waals surface area contributed by atoms with Crippen LogP contribution in [0.1, 0.15) is 34.1 Å². The van der Waals surface area contributed by atoms with E-state index in [2.05, 4.69) is 27.6 Å². The molecule has 0 aliphatic heterocycles. The number of aromatic nitrogens is 2. The van der Waals surface area contributed by atoms with Crippen molar-refractivity contribution in [3.05, 3.63) is 59.7 Å². The molecule has 1 N–H and O–H groups in total. The zero-order valence-electron chi connectivity index (χ0n) is 10.2. The molecule has 1 unspecified atom stereocenters. The summed E-state index contributed by atoms with van der Waals surface area (Å²) in [6, 6.07) is 9.75. The molecular weight excluding hydrogens is 242 g/mol. The number of benzene rings is 1. The van der Waals surface area contributed by atoms with Crippen molar-refractivity contribution in [2.24, 2.45) is 0 Å². The first-order chi connectivity index (χ1) is 9.34. The summed E-state index contributed by atoms with van der Waals surface area (Å²) < 4.78 is 0.